The van der Waals surface area contributed by atoms with E-state index in [-0.39, 0.29) is 0 Å². The van der Waals surface area contributed by atoms with Crippen molar-refractivity contribution in [3.63, 3.8) is 0 Å². The Bertz CT molecular complexity index is 2810. The Morgan fingerprint density at radius 1 is 0.439 bits per heavy atom. The summed E-state index contributed by atoms with van der Waals surface area (Å²) in [5.41, 5.74) is 16.0. The van der Waals surface area contributed by atoms with Crippen molar-refractivity contribution < 1.29 is 0 Å². The van der Waals surface area contributed by atoms with Crippen molar-refractivity contribution >= 4 is 16.8 Å². The van der Waals surface area contributed by atoms with Crippen LogP contribution in [-0.2, 0) is 6.42 Å². The largest absolute Gasteiger partial charge is 0.256 e. The van der Waals surface area contributed by atoms with E-state index in [1.165, 1.54) is 33.0 Å². The molecule has 1 atom stereocenters. The van der Waals surface area contributed by atoms with Crippen LogP contribution in [0.25, 0.3) is 95.5 Å². The number of aromatic nitrogens is 4. The van der Waals surface area contributed by atoms with Crippen LogP contribution in [0.1, 0.15) is 18.1 Å². The van der Waals surface area contributed by atoms with Crippen molar-refractivity contribution in [2.75, 3.05) is 0 Å². The summed E-state index contributed by atoms with van der Waals surface area (Å²) in [6.45, 7) is 2.28. The first-order chi connectivity index (χ1) is 28.1. The van der Waals surface area contributed by atoms with Crippen LogP contribution < -0.4 is 0 Å². The summed E-state index contributed by atoms with van der Waals surface area (Å²) in [6, 6.07) is 59.8. The van der Waals surface area contributed by atoms with Gasteiger partial charge in [0.15, 0.2) is 5.82 Å². The van der Waals surface area contributed by atoms with Crippen LogP contribution in [0.3, 0.4) is 0 Å². The number of rotatable bonds is 7. The highest BCUT2D eigenvalue weighted by Gasteiger charge is 2.18. The first kappa shape index (κ1) is 34.2. The Hall–Kier alpha value is -7.30. The molecule has 6 aromatic carbocycles. The fourth-order valence-electron chi connectivity index (χ4n) is 8.02. The Morgan fingerprint density at radius 3 is 1.60 bits per heavy atom. The number of allylic oxidation sites excluding steroid dienone is 1. The highest BCUT2D eigenvalue weighted by atomic mass is 14.9. The van der Waals surface area contributed by atoms with Gasteiger partial charge >= 0.3 is 0 Å². The number of hydrogen-bond acceptors (Lipinski definition) is 4. The maximum absolute atomic E-state index is 5.35. The fraction of sp³-hybridized carbons (Fsp3) is 0.0566. The average molecular weight is 731 g/mol. The van der Waals surface area contributed by atoms with Crippen molar-refractivity contribution in [2.24, 2.45) is 5.92 Å². The predicted molar refractivity (Wildman–Crippen MR) is 235 cm³/mol. The minimum atomic E-state index is 0.510. The van der Waals surface area contributed by atoms with Gasteiger partial charge in [-0.1, -0.05) is 140 Å². The number of nitrogens with zero attached hydrogens (tertiary/aromatic N) is 4. The second kappa shape index (κ2) is 14.7. The summed E-state index contributed by atoms with van der Waals surface area (Å²) in [5.74, 6) is 1.18. The normalized spacial score (nSPS) is 13.4. The SMILES string of the molecule is CC1C=Cc2c(cccc2-c2cc(-c3nc(-c4ccc(-c5ccccn5)cc4)cc(-c4ccc(-c5ccccn5)cc4)n3)cc(-c3cccc4ccccc34)c2)C1. The Kier molecular flexibility index (Phi) is 8.85. The molecule has 1 unspecified atom stereocenters. The Balaban J connectivity index is 1.17. The molecule has 0 radical (unpaired) electrons. The molecule has 270 valence electrons. The third-order valence-electron chi connectivity index (χ3n) is 10.9. The third kappa shape index (κ3) is 6.83. The molecule has 1 aliphatic rings. The minimum Gasteiger partial charge on any atom is -0.256 e. The Labute approximate surface area is 333 Å². The first-order valence-electron chi connectivity index (χ1n) is 19.5. The van der Waals surface area contributed by atoms with E-state index in [9.17, 15) is 0 Å². The second-order valence-electron chi connectivity index (χ2n) is 14.8. The Morgan fingerprint density at radius 2 is 0.965 bits per heavy atom. The van der Waals surface area contributed by atoms with Crippen molar-refractivity contribution in [2.45, 2.75) is 13.3 Å². The van der Waals surface area contributed by atoms with Crippen LogP contribution in [0, 0.1) is 5.92 Å². The molecule has 4 heteroatoms. The summed E-state index contributed by atoms with van der Waals surface area (Å²) < 4.78 is 0. The zero-order valence-electron chi connectivity index (χ0n) is 31.5. The molecule has 9 aromatic rings. The van der Waals surface area contributed by atoms with Crippen molar-refractivity contribution in [1.82, 2.24) is 19.9 Å². The van der Waals surface area contributed by atoms with E-state index in [1.807, 2.05) is 48.8 Å². The lowest BCUT2D eigenvalue weighted by Gasteiger charge is -2.20. The lowest BCUT2D eigenvalue weighted by molar-refractivity contribution is 0.717. The van der Waals surface area contributed by atoms with Gasteiger partial charge in [-0.05, 0) is 105 Å². The summed E-state index contributed by atoms with van der Waals surface area (Å²) in [4.78, 5) is 19.8. The molecule has 0 saturated heterocycles. The van der Waals surface area contributed by atoms with E-state index in [1.54, 1.807) is 0 Å². The van der Waals surface area contributed by atoms with Gasteiger partial charge < -0.3 is 0 Å². The monoisotopic (exact) mass is 730 g/mol. The van der Waals surface area contributed by atoms with Gasteiger partial charge in [0.05, 0.1) is 22.8 Å². The maximum Gasteiger partial charge on any atom is 0.160 e. The fourth-order valence-corrected chi connectivity index (χ4v) is 8.02. The first-order valence-corrected chi connectivity index (χ1v) is 19.5. The van der Waals surface area contributed by atoms with Gasteiger partial charge in [-0.3, -0.25) is 9.97 Å². The van der Waals surface area contributed by atoms with Gasteiger partial charge in [-0.2, -0.15) is 0 Å². The average Bonchev–Trinajstić information content (AvgIpc) is 3.29. The van der Waals surface area contributed by atoms with Gasteiger partial charge in [0.2, 0.25) is 0 Å². The van der Waals surface area contributed by atoms with Crippen LogP contribution in [0.15, 0.2) is 188 Å². The van der Waals surface area contributed by atoms with Crippen LogP contribution in [0.5, 0.6) is 0 Å². The highest BCUT2D eigenvalue weighted by molar-refractivity contribution is 5.98. The molecule has 0 aliphatic heterocycles. The van der Waals surface area contributed by atoms with E-state index in [4.69, 9.17) is 9.97 Å². The van der Waals surface area contributed by atoms with E-state index < -0.39 is 0 Å². The van der Waals surface area contributed by atoms with Crippen LogP contribution in [-0.4, -0.2) is 19.9 Å². The molecular formula is C53H38N4. The number of pyridine rings is 2. The topological polar surface area (TPSA) is 51.6 Å². The second-order valence-corrected chi connectivity index (χ2v) is 14.8. The molecule has 0 bridgehead atoms. The van der Waals surface area contributed by atoms with Crippen molar-refractivity contribution in [1.29, 1.82) is 0 Å². The summed E-state index contributed by atoms with van der Waals surface area (Å²) >= 11 is 0. The van der Waals surface area contributed by atoms with E-state index in [0.29, 0.717) is 11.7 Å². The smallest absolute Gasteiger partial charge is 0.160 e. The molecule has 0 fully saturated rings. The van der Waals surface area contributed by atoms with Crippen LogP contribution in [0.4, 0.5) is 0 Å². The molecule has 57 heavy (non-hydrogen) atoms. The predicted octanol–water partition coefficient (Wildman–Crippen LogP) is 13.3. The molecule has 4 nitrogen and oxygen atoms in total. The van der Waals surface area contributed by atoms with Gasteiger partial charge in [0.25, 0.3) is 0 Å². The molecule has 3 heterocycles. The molecule has 0 saturated carbocycles. The third-order valence-corrected chi connectivity index (χ3v) is 10.9. The summed E-state index contributed by atoms with van der Waals surface area (Å²) in [6.07, 6.45) is 9.32. The maximum atomic E-state index is 5.35. The zero-order valence-corrected chi connectivity index (χ0v) is 31.5. The quantitative estimate of drug-likeness (QED) is 0.164. The number of fused-ring (bicyclic) bond motifs is 2. The van der Waals surface area contributed by atoms with E-state index >= 15 is 0 Å². The molecular weight excluding hydrogens is 693 g/mol. The summed E-state index contributed by atoms with van der Waals surface area (Å²) in [7, 11) is 0. The number of hydrogen-bond donors (Lipinski definition) is 0. The highest BCUT2D eigenvalue weighted by Crippen LogP contribution is 2.39. The molecule has 0 amide bonds. The van der Waals surface area contributed by atoms with E-state index in [0.717, 1.165) is 68.1 Å². The van der Waals surface area contributed by atoms with Crippen LogP contribution >= 0.6 is 0 Å². The molecule has 3 aromatic heterocycles. The molecule has 10 rings (SSSR count). The van der Waals surface area contributed by atoms with Gasteiger partial charge in [-0.25, -0.2) is 9.97 Å². The lowest BCUT2D eigenvalue weighted by Crippen LogP contribution is -2.04. The lowest BCUT2D eigenvalue weighted by atomic mass is 9.85. The van der Waals surface area contributed by atoms with Gasteiger partial charge in [0.1, 0.15) is 0 Å². The standard InChI is InChI=1S/C53H38N4/c1-35-18-27-48-41(30-35)12-9-15-47(48)43-31-42(46-14-8-11-36-10-2-3-13-45(36)46)32-44(33-43)53-56-51(39-23-19-37(20-24-39)49-16-4-6-28-54-49)34-52(57-53)40-25-21-38(22-26-40)50-17-5-7-29-55-50/h2-29,31-35H,30H2,1H3. The minimum absolute atomic E-state index is 0.510. The molecule has 0 N–H and O–H groups in total. The van der Waals surface area contributed by atoms with Crippen molar-refractivity contribution in [3.05, 3.63) is 199 Å². The zero-order chi connectivity index (χ0) is 38.1. The summed E-state index contributed by atoms with van der Waals surface area (Å²) in [5, 5.41) is 2.42. The van der Waals surface area contributed by atoms with Crippen molar-refractivity contribution in [3.8, 4) is 78.7 Å². The molecule has 0 spiro atoms. The molecule has 1 aliphatic carbocycles. The van der Waals surface area contributed by atoms with Crippen LogP contribution in [0.2, 0.25) is 0 Å². The van der Waals surface area contributed by atoms with Gasteiger partial charge in [-0.15, -0.1) is 0 Å². The van der Waals surface area contributed by atoms with E-state index in [2.05, 4.69) is 163 Å². The van der Waals surface area contributed by atoms with Gasteiger partial charge in [0, 0.05) is 40.2 Å². The number of benzene rings is 6.